The number of fused-ring (bicyclic) bond motifs is 1. The van der Waals surface area contributed by atoms with Crippen molar-refractivity contribution in [3.63, 3.8) is 0 Å². The lowest BCUT2D eigenvalue weighted by Gasteiger charge is -2.23. The number of ketones is 1. The molecule has 0 aliphatic heterocycles. The lowest BCUT2D eigenvalue weighted by Crippen LogP contribution is -2.24. The van der Waals surface area contributed by atoms with Gasteiger partial charge in [-0.3, -0.25) is 9.59 Å². The Morgan fingerprint density at radius 1 is 0.933 bits per heavy atom. The Kier molecular flexibility index (Phi) is 6.72. The highest BCUT2D eigenvalue weighted by molar-refractivity contribution is 5.97. The Morgan fingerprint density at radius 2 is 1.63 bits per heavy atom. The van der Waals surface area contributed by atoms with Crippen molar-refractivity contribution in [3.05, 3.63) is 71.8 Å². The fourth-order valence-corrected chi connectivity index (χ4v) is 3.93. The lowest BCUT2D eigenvalue weighted by molar-refractivity contribution is -0.149. The van der Waals surface area contributed by atoms with Gasteiger partial charge in [0.1, 0.15) is 23.2 Å². The molecule has 0 aliphatic carbocycles. The molecule has 0 saturated heterocycles. The first-order valence-electron chi connectivity index (χ1n) is 9.89. The van der Waals surface area contributed by atoms with Crippen molar-refractivity contribution in [1.29, 1.82) is 0 Å². The Balaban J connectivity index is 2.07. The maximum atomic E-state index is 12.1. The van der Waals surface area contributed by atoms with Gasteiger partial charge < -0.3 is 14.6 Å². The number of esters is 1. The van der Waals surface area contributed by atoms with Crippen molar-refractivity contribution in [2.45, 2.75) is 25.7 Å². The summed E-state index contributed by atoms with van der Waals surface area (Å²) in [4.78, 5) is 24.1. The molecule has 0 amide bonds. The van der Waals surface area contributed by atoms with Crippen LogP contribution < -0.4 is 4.74 Å². The number of benzene rings is 3. The summed E-state index contributed by atoms with van der Waals surface area (Å²) in [6.07, 6.45) is 0.814. The van der Waals surface area contributed by atoms with Crippen molar-refractivity contribution in [2.24, 2.45) is 5.92 Å². The van der Waals surface area contributed by atoms with E-state index in [1.54, 1.807) is 13.2 Å². The highest BCUT2D eigenvalue weighted by atomic mass is 16.5. The average molecular weight is 406 g/mol. The second kappa shape index (κ2) is 9.44. The van der Waals surface area contributed by atoms with Crippen molar-refractivity contribution in [1.82, 2.24) is 0 Å². The topological polar surface area (TPSA) is 72.8 Å². The first-order valence-corrected chi connectivity index (χ1v) is 9.89. The minimum absolute atomic E-state index is 0.187. The van der Waals surface area contributed by atoms with E-state index < -0.39 is 11.9 Å². The molecule has 2 unspecified atom stereocenters. The molecule has 3 rings (SSSR count). The van der Waals surface area contributed by atoms with Gasteiger partial charge in [0.2, 0.25) is 0 Å². The van der Waals surface area contributed by atoms with E-state index in [2.05, 4.69) is 0 Å². The normalized spacial score (nSPS) is 12.9. The molecule has 0 heterocycles. The molecule has 5 heteroatoms. The van der Waals surface area contributed by atoms with Gasteiger partial charge >= 0.3 is 5.97 Å². The molecule has 3 aromatic carbocycles. The third kappa shape index (κ3) is 4.46. The van der Waals surface area contributed by atoms with E-state index >= 15 is 0 Å². The van der Waals surface area contributed by atoms with Gasteiger partial charge in [-0.25, -0.2) is 0 Å². The molecule has 3 aromatic rings. The predicted molar refractivity (Wildman–Crippen MR) is 116 cm³/mol. The molecule has 0 spiro atoms. The first-order chi connectivity index (χ1) is 14.5. The molecular formula is C25H26O5. The smallest absolute Gasteiger partial charge is 0.316 e. The quantitative estimate of drug-likeness (QED) is 0.428. The number of hydrogen-bond donors (Lipinski definition) is 1. The number of rotatable bonds is 8. The molecule has 0 aromatic heterocycles. The third-order valence-corrected chi connectivity index (χ3v) is 5.53. The highest BCUT2D eigenvalue weighted by Gasteiger charge is 2.28. The number of carbonyl (C=O) groups is 2. The van der Waals surface area contributed by atoms with Crippen LogP contribution in [0.3, 0.4) is 0 Å². The predicted octanol–water partition coefficient (Wildman–Crippen LogP) is 4.84. The largest absolute Gasteiger partial charge is 0.508 e. The molecule has 30 heavy (non-hydrogen) atoms. The summed E-state index contributed by atoms with van der Waals surface area (Å²) in [5.41, 5.74) is 1.75. The van der Waals surface area contributed by atoms with Gasteiger partial charge in [-0.15, -0.1) is 0 Å². The van der Waals surface area contributed by atoms with Crippen LogP contribution in [0.1, 0.15) is 36.8 Å². The van der Waals surface area contributed by atoms with E-state index in [0.29, 0.717) is 12.8 Å². The maximum absolute atomic E-state index is 12.1. The molecule has 0 radical (unpaired) electrons. The third-order valence-electron chi connectivity index (χ3n) is 5.53. The molecule has 5 nitrogen and oxygen atoms in total. The van der Waals surface area contributed by atoms with Gasteiger partial charge in [0.15, 0.2) is 0 Å². The van der Waals surface area contributed by atoms with Gasteiger partial charge in [0.05, 0.1) is 14.2 Å². The zero-order chi connectivity index (χ0) is 21.7. The molecule has 0 saturated carbocycles. The Labute approximate surface area is 176 Å². The zero-order valence-corrected chi connectivity index (χ0v) is 17.4. The van der Waals surface area contributed by atoms with E-state index in [0.717, 1.165) is 27.6 Å². The van der Waals surface area contributed by atoms with E-state index in [1.165, 1.54) is 14.0 Å². The SMILES string of the molecule is COC(=O)C(CCC(c1ccc(OC)cc1)c1c(O)ccc2ccccc12)C(C)=O. The fourth-order valence-electron chi connectivity index (χ4n) is 3.93. The molecule has 0 aliphatic rings. The van der Waals surface area contributed by atoms with Crippen LogP contribution in [0.25, 0.3) is 10.8 Å². The highest BCUT2D eigenvalue weighted by Crippen LogP contribution is 2.40. The molecule has 0 bridgehead atoms. The lowest BCUT2D eigenvalue weighted by atomic mass is 9.82. The summed E-state index contributed by atoms with van der Waals surface area (Å²) in [6, 6.07) is 19.1. The Bertz CT molecular complexity index is 1040. The number of ether oxygens (including phenoxy) is 2. The van der Waals surface area contributed by atoms with Crippen LogP contribution in [0.15, 0.2) is 60.7 Å². The number of aromatic hydroxyl groups is 1. The van der Waals surface area contributed by atoms with Crippen LogP contribution >= 0.6 is 0 Å². The molecule has 156 valence electrons. The summed E-state index contributed by atoms with van der Waals surface area (Å²) >= 11 is 0. The van der Waals surface area contributed by atoms with Gasteiger partial charge in [0.25, 0.3) is 0 Å². The summed E-state index contributed by atoms with van der Waals surface area (Å²) in [7, 11) is 2.90. The summed E-state index contributed by atoms with van der Waals surface area (Å²) in [6.45, 7) is 1.40. The van der Waals surface area contributed by atoms with E-state index in [4.69, 9.17) is 9.47 Å². The van der Waals surface area contributed by atoms with Gasteiger partial charge in [0, 0.05) is 11.5 Å². The van der Waals surface area contributed by atoms with Crippen LogP contribution in [-0.4, -0.2) is 31.1 Å². The number of phenolic OH excluding ortho intramolecular Hbond substituents is 1. The van der Waals surface area contributed by atoms with Crippen molar-refractivity contribution in [3.8, 4) is 11.5 Å². The van der Waals surface area contributed by atoms with Crippen LogP contribution in [0, 0.1) is 5.92 Å². The fraction of sp³-hybridized carbons (Fsp3) is 0.280. The minimum atomic E-state index is -0.826. The molecule has 1 N–H and O–H groups in total. The Morgan fingerprint density at radius 3 is 2.27 bits per heavy atom. The second-order valence-corrected chi connectivity index (χ2v) is 7.31. The maximum Gasteiger partial charge on any atom is 0.316 e. The first kappa shape index (κ1) is 21.4. The van der Waals surface area contributed by atoms with Crippen molar-refractivity contribution in [2.75, 3.05) is 14.2 Å². The number of Topliss-reactive ketones (excluding diaryl/α,β-unsaturated/α-hetero) is 1. The van der Waals surface area contributed by atoms with Crippen molar-refractivity contribution >= 4 is 22.5 Å². The van der Waals surface area contributed by atoms with E-state index in [-0.39, 0.29) is 17.5 Å². The van der Waals surface area contributed by atoms with Crippen LogP contribution in [0.5, 0.6) is 11.5 Å². The monoisotopic (exact) mass is 406 g/mol. The standard InChI is InChI=1S/C25H26O5/c1-16(26)20(25(28)30-3)13-14-22(18-8-11-19(29-2)12-9-18)24-21-7-5-4-6-17(21)10-15-23(24)27/h4-12,15,20,22,27H,13-14H2,1-3H3. The summed E-state index contributed by atoms with van der Waals surface area (Å²) < 4.78 is 10.1. The number of hydrogen-bond acceptors (Lipinski definition) is 5. The zero-order valence-electron chi connectivity index (χ0n) is 17.4. The van der Waals surface area contributed by atoms with Gasteiger partial charge in [-0.05, 0) is 54.3 Å². The van der Waals surface area contributed by atoms with E-state index in [1.807, 2.05) is 54.6 Å². The minimum Gasteiger partial charge on any atom is -0.508 e. The number of methoxy groups -OCH3 is 2. The number of phenols is 1. The van der Waals surface area contributed by atoms with Crippen molar-refractivity contribution < 1.29 is 24.2 Å². The van der Waals surface area contributed by atoms with E-state index in [9.17, 15) is 14.7 Å². The molecular weight excluding hydrogens is 380 g/mol. The van der Waals surface area contributed by atoms with Gasteiger partial charge in [-0.2, -0.15) is 0 Å². The van der Waals surface area contributed by atoms with Crippen LogP contribution in [0.4, 0.5) is 0 Å². The van der Waals surface area contributed by atoms with Crippen LogP contribution in [-0.2, 0) is 14.3 Å². The summed E-state index contributed by atoms with van der Waals surface area (Å²) in [5.74, 6) is -0.875. The molecule has 0 fully saturated rings. The second-order valence-electron chi connectivity index (χ2n) is 7.31. The Hall–Kier alpha value is -3.34. The molecule has 2 atom stereocenters. The van der Waals surface area contributed by atoms with Crippen LogP contribution in [0.2, 0.25) is 0 Å². The number of carbonyl (C=O) groups excluding carboxylic acids is 2. The average Bonchev–Trinajstić information content (AvgIpc) is 2.77. The van der Waals surface area contributed by atoms with Gasteiger partial charge in [-0.1, -0.05) is 42.5 Å². The summed E-state index contributed by atoms with van der Waals surface area (Å²) in [5, 5.41) is 12.7.